The molecular weight excluding hydrogens is 941 g/mol. The van der Waals surface area contributed by atoms with Crippen molar-refractivity contribution < 1.29 is 99.8 Å². The zero-order chi connectivity index (χ0) is 48.2. The molecule has 1 heterocycles. The Morgan fingerprint density at radius 2 is 0.426 bits per heavy atom. The van der Waals surface area contributed by atoms with Gasteiger partial charge in [0.15, 0.2) is 0 Å². The zero-order valence-electron chi connectivity index (χ0n) is 41.1. The highest BCUT2D eigenvalue weighted by Crippen LogP contribution is 2.17. The molecule has 0 aromatic carbocycles. The first kappa shape index (κ1) is 65.9. The van der Waals surface area contributed by atoms with Gasteiger partial charge >= 0.3 is 0 Å². The molecule has 0 bridgehead atoms. The lowest BCUT2D eigenvalue weighted by atomic mass is 10.6. The van der Waals surface area contributed by atoms with E-state index in [0.717, 1.165) is 30.5 Å². The van der Waals surface area contributed by atoms with Gasteiger partial charge in [0.05, 0.1) is 270 Å². The Balaban J connectivity index is 1.57. The Labute approximate surface area is 415 Å². The number of aliphatic hydroxyl groups excluding tert-OH is 1. The SMILES string of the molecule is OCCOCCOCCOCCOCCOCCOCCOCCOCCOCCOCCOCCOCCOCCOCCOCCOCCOCCOCCOCCSCCSCC1CO1. The van der Waals surface area contributed by atoms with E-state index in [4.69, 9.17) is 99.8 Å². The third-order valence-corrected chi connectivity index (χ3v) is 10.7. The van der Waals surface area contributed by atoms with Crippen molar-refractivity contribution in [3.8, 4) is 0 Å². The van der Waals surface area contributed by atoms with Crippen LogP contribution in [0.1, 0.15) is 0 Å². The standard InChI is InChI=1S/C45H90O21S2/c46-1-2-47-3-4-48-5-6-49-7-8-50-9-10-51-11-12-52-13-14-53-15-16-54-17-18-55-19-20-56-21-22-57-23-24-58-25-26-59-27-28-60-29-30-61-31-32-62-33-34-63-35-36-64-37-38-65-39-40-67-41-42-68-44-45-43-66-45/h45-46H,1-44H2. The second kappa shape index (κ2) is 61.2. The average molecular weight is 1030 g/mol. The Morgan fingerprint density at radius 3 is 0.618 bits per heavy atom. The van der Waals surface area contributed by atoms with Crippen molar-refractivity contribution >= 4 is 23.5 Å². The molecule has 0 aliphatic carbocycles. The second-order valence-corrected chi connectivity index (χ2v) is 16.4. The molecule has 0 spiro atoms. The van der Waals surface area contributed by atoms with Crippen molar-refractivity contribution in [2.75, 3.05) is 287 Å². The van der Waals surface area contributed by atoms with Gasteiger partial charge < -0.3 is 99.8 Å². The maximum Gasteiger partial charge on any atom is 0.0900 e. The summed E-state index contributed by atoms with van der Waals surface area (Å²) in [5.74, 6) is 4.49. The van der Waals surface area contributed by atoms with Crippen LogP contribution in [0.4, 0.5) is 0 Å². The predicted molar refractivity (Wildman–Crippen MR) is 257 cm³/mol. The van der Waals surface area contributed by atoms with Crippen molar-refractivity contribution in [2.45, 2.75) is 6.10 Å². The van der Waals surface area contributed by atoms with Gasteiger partial charge in [-0.05, 0) is 0 Å². The van der Waals surface area contributed by atoms with Crippen LogP contribution in [-0.4, -0.2) is 298 Å². The smallest absolute Gasteiger partial charge is 0.0900 e. The van der Waals surface area contributed by atoms with Crippen LogP contribution in [0.5, 0.6) is 0 Å². The molecule has 1 rings (SSSR count). The first-order valence-corrected chi connectivity index (χ1v) is 26.6. The minimum atomic E-state index is 0.0203. The molecule has 0 saturated carbocycles. The van der Waals surface area contributed by atoms with Crippen LogP contribution in [0, 0.1) is 0 Å². The van der Waals surface area contributed by atoms with Crippen molar-refractivity contribution in [1.29, 1.82) is 0 Å². The fourth-order valence-electron chi connectivity index (χ4n) is 4.84. The maximum atomic E-state index is 8.60. The molecule has 1 fully saturated rings. The van der Waals surface area contributed by atoms with Gasteiger partial charge in [0, 0.05) is 23.0 Å². The van der Waals surface area contributed by atoms with E-state index in [1.807, 2.05) is 23.5 Å². The minimum absolute atomic E-state index is 0.0203. The molecule has 1 unspecified atom stereocenters. The summed E-state index contributed by atoms with van der Waals surface area (Å²) in [7, 11) is 0. The molecule has 1 saturated heterocycles. The molecule has 21 nitrogen and oxygen atoms in total. The predicted octanol–water partition coefficient (Wildman–Crippen LogP) is 1.16. The molecule has 0 radical (unpaired) electrons. The summed E-state index contributed by atoms with van der Waals surface area (Å²) < 4.78 is 109. The van der Waals surface area contributed by atoms with Crippen LogP contribution in [0.2, 0.25) is 0 Å². The largest absolute Gasteiger partial charge is 0.394 e. The topological polar surface area (TPSA) is 208 Å². The maximum absolute atomic E-state index is 8.60. The molecular formula is C45H90O21S2. The van der Waals surface area contributed by atoms with Crippen molar-refractivity contribution in [1.82, 2.24) is 0 Å². The van der Waals surface area contributed by atoms with Gasteiger partial charge in [-0.15, -0.1) is 0 Å². The van der Waals surface area contributed by atoms with E-state index < -0.39 is 0 Å². The number of ether oxygens (including phenoxy) is 20. The number of thioether (sulfide) groups is 2. The third-order valence-electron chi connectivity index (χ3n) is 8.38. The van der Waals surface area contributed by atoms with E-state index in [9.17, 15) is 0 Å². The number of rotatable bonds is 64. The van der Waals surface area contributed by atoms with Crippen LogP contribution in [0.3, 0.4) is 0 Å². The van der Waals surface area contributed by atoms with Crippen LogP contribution in [-0.2, 0) is 94.7 Å². The lowest BCUT2D eigenvalue weighted by Gasteiger charge is -2.09. The van der Waals surface area contributed by atoms with E-state index in [-0.39, 0.29) is 6.61 Å². The molecule has 1 N–H and O–H groups in total. The molecule has 0 aromatic rings. The molecule has 1 aliphatic heterocycles. The van der Waals surface area contributed by atoms with E-state index in [1.54, 1.807) is 0 Å². The Kier molecular flexibility index (Phi) is 59.2. The van der Waals surface area contributed by atoms with Gasteiger partial charge in [-0.25, -0.2) is 0 Å². The summed E-state index contributed by atoms with van der Waals surface area (Å²) in [5.41, 5.74) is 0. The summed E-state index contributed by atoms with van der Waals surface area (Å²) in [5, 5.41) is 8.60. The van der Waals surface area contributed by atoms with E-state index in [2.05, 4.69) is 0 Å². The highest BCUT2D eigenvalue weighted by Gasteiger charge is 2.21. The first-order valence-electron chi connectivity index (χ1n) is 24.3. The van der Waals surface area contributed by atoms with E-state index >= 15 is 0 Å². The third kappa shape index (κ3) is 60.2. The molecule has 1 aliphatic rings. The van der Waals surface area contributed by atoms with Gasteiger partial charge in [-0.1, -0.05) is 0 Å². The van der Waals surface area contributed by atoms with Crippen molar-refractivity contribution in [3.05, 3.63) is 0 Å². The first-order chi connectivity index (χ1) is 33.9. The summed E-state index contributed by atoms with van der Waals surface area (Å²) in [6, 6.07) is 0. The molecule has 23 heteroatoms. The second-order valence-electron chi connectivity index (χ2n) is 14.0. The van der Waals surface area contributed by atoms with Gasteiger partial charge in [0.2, 0.25) is 0 Å². The Hall–Kier alpha value is -0.140. The summed E-state index contributed by atoms with van der Waals surface area (Å²) >= 11 is 3.90. The summed E-state index contributed by atoms with van der Waals surface area (Å²) in [4.78, 5) is 0. The van der Waals surface area contributed by atoms with Crippen LogP contribution >= 0.6 is 23.5 Å². The monoisotopic (exact) mass is 1030 g/mol. The lowest BCUT2D eigenvalue weighted by molar-refractivity contribution is -0.0312. The van der Waals surface area contributed by atoms with E-state index in [1.165, 1.54) is 5.75 Å². The Morgan fingerprint density at radius 1 is 0.250 bits per heavy atom. The van der Waals surface area contributed by atoms with Crippen LogP contribution in [0.25, 0.3) is 0 Å². The fraction of sp³-hybridized carbons (Fsp3) is 1.00. The lowest BCUT2D eigenvalue weighted by Crippen LogP contribution is -2.16. The Bertz CT molecular complexity index is 912. The van der Waals surface area contributed by atoms with Crippen molar-refractivity contribution in [2.24, 2.45) is 0 Å². The highest BCUT2D eigenvalue weighted by molar-refractivity contribution is 8.02. The van der Waals surface area contributed by atoms with Crippen LogP contribution < -0.4 is 0 Å². The number of hydrogen-bond acceptors (Lipinski definition) is 23. The van der Waals surface area contributed by atoms with Gasteiger partial charge in [-0.2, -0.15) is 23.5 Å². The molecule has 0 amide bonds. The average Bonchev–Trinajstić information content (AvgIpc) is 4.19. The minimum Gasteiger partial charge on any atom is -0.394 e. The van der Waals surface area contributed by atoms with Gasteiger partial charge in [0.25, 0.3) is 0 Å². The van der Waals surface area contributed by atoms with Gasteiger partial charge in [0.1, 0.15) is 0 Å². The highest BCUT2D eigenvalue weighted by atomic mass is 32.2. The number of aliphatic hydroxyl groups is 1. The number of epoxide rings is 1. The normalized spacial score (nSPS) is 13.6. The fourth-order valence-corrected chi connectivity index (χ4v) is 6.85. The number of hydrogen-bond donors (Lipinski definition) is 1. The van der Waals surface area contributed by atoms with E-state index in [0.29, 0.717) is 251 Å². The zero-order valence-corrected chi connectivity index (χ0v) is 42.8. The van der Waals surface area contributed by atoms with Crippen LogP contribution in [0.15, 0.2) is 0 Å². The quantitative estimate of drug-likeness (QED) is 0.0670. The molecule has 0 aromatic heterocycles. The molecule has 68 heavy (non-hydrogen) atoms. The summed E-state index contributed by atoms with van der Waals surface area (Å²) in [6.07, 6.45) is 0.520. The summed E-state index contributed by atoms with van der Waals surface area (Å²) in [6.45, 7) is 20.2. The van der Waals surface area contributed by atoms with Gasteiger partial charge in [-0.3, -0.25) is 0 Å². The van der Waals surface area contributed by atoms with Crippen molar-refractivity contribution in [3.63, 3.8) is 0 Å². The molecule has 408 valence electrons. The molecule has 1 atom stereocenters.